The first-order valence-corrected chi connectivity index (χ1v) is 11.0. The zero-order valence-corrected chi connectivity index (χ0v) is 18.0. The van der Waals surface area contributed by atoms with Crippen LogP contribution in [0.2, 0.25) is 5.02 Å². The van der Waals surface area contributed by atoms with Gasteiger partial charge in [-0.05, 0) is 74.5 Å². The molecule has 2 N–H and O–H groups in total. The summed E-state index contributed by atoms with van der Waals surface area (Å²) in [6, 6.07) is 19.6. The van der Waals surface area contributed by atoms with Crippen molar-refractivity contribution in [2.24, 2.45) is 0 Å². The summed E-state index contributed by atoms with van der Waals surface area (Å²) in [4.78, 5) is 12.4. The molecule has 3 aromatic rings. The van der Waals surface area contributed by atoms with E-state index in [1.807, 2.05) is 19.1 Å². The number of amides is 1. The summed E-state index contributed by atoms with van der Waals surface area (Å²) in [5.74, 6) is 0.156. The van der Waals surface area contributed by atoms with Gasteiger partial charge in [-0.25, -0.2) is 8.42 Å². The fraction of sp³-hybridized carbons (Fsp3) is 0.136. The number of halogens is 1. The number of nitrogens with one attached hydrogen (secondary N) is 2. The van der Waals surface area contributed by atoms with Crippen LogP contribution in [0.25, 0.3) is 0 Å². The van der Waals surface area contributed by atoms with E-state index in [2.05, 4.69) is 10.0 Å². The molecule has 0 aliphatic heterocycles. The fourth-order valence-electron chi connectivity index (χ4n) is 2.57. The van der Waals surface area contributed by atoms with E-state index in [-0.39, 0.29) is 10.8 Å². The van der Waals surface area contributed by atoms with Gasteiger partial charge < -0.3 is 10.1 Å². The van der Waals surface area contributed by atoms with Crippen LogP contribution < -0.4 is 14.8 Å². The lowest BCUT2D eigenvalue weighted by molar-refractivity contribution is -0.122. The van der Waals surface area contributed by atoms with Gasteiger partial charge in [-0.3, -0.25) is 9.52 Å². The molecule has 30 heavy (non-hydrogen) atoms. The predicted molar refractivity (Wildman–Crippen MR) is 119 cm³/mol. The molecule has 1 amide bonds. The molecule has 1 unspecified atom stereocenters. The normalized spacial score (nSPS) is 12.1. The lowest BCUT2D eigenvalue weighted by atomic mass is 10.2. The highest BCUT2D eigenvalue weighted by Gasteiger charge is 2.17. The van der Waals surface area contributed by atoms with Crippen LogP contribution in [-0.2, 0) is 14.8 Å². The van der Waals surface area contributed by atoms with Crippen molar-refractivity contribution >= 4 is 38.9 Å². The summed E-state index contributed by atoms with van der Waals surface area (Å²) >= 11 is 5.83. The van der Waals surface area contributed by atoms with Crippen LogP contribution in [-0.4, -0.2) is 20.4 Å². The molecule has 0 radical (unpaired) electrons. The quantitative estimate of drug-likeness (QED) is 0.545. The lowest BCUT2D eigenvalue weighted by Gasteiger charge is -2.15. The summed E-state index contributed by atoms with van der Waals surface area (Å²) < 4.78 is 33.2. The van der Waals surface area contributed by atoms with Crippen molar-refractivity contribution in [3.8, 4) is 5.75 Å². The Hall–Kier alpha value is -3.03. The van der Waals surface area contributed by atoms with E-state index in [0.717, 1.165) is 5.56 Å². The molecule has 0 aromatic heterocycles. The maximum atomic E-state index is 12.5. The molecular weight excluding hydrogens is 424 g/mol. The van der Waals surface area contributed by atoms with Crippen LogP contribution >= 0.6 is 11.6 Å². The van der Waals surface area contributed by atoms with Gasteiger partial charge in [-0.2, -0.15) is 0 Å². The van der Waals surface area contributed by atoms with Crippen molar-refractivity contribution in [2.75, 3.05) is 10.0 Å². The minimum Gasteiger partial charge on any atom is -0.481 e. The van der Waals surface area contributed by atoms with E-state index < -0.39 is 16.1 Å². The predicted octanol–water partition coefficient (Wildman–Crippen LogP) is 4.86. The van der Waals surface area contributed by atoms with Crippen LogP contribution in [0.4, 0.5) is 11.4 Å². The molecule has 1 atom stereocenters. The highest BCUT2D eigenvalue weighted by molar-refractivity contribution is 7.92. The van der Waals surface area contributed by atoms with Gasteiger partial charge in [-0.15, -0.1) is 0 Å². The van der Waals surface area contributed by atoms with Gasteiger partial charge in [0.2, 0.25) is 0 Å². The maximum absolute atomic E-state index is 12.5. The highest BCUT2D eigenvalue weighted by Crippen LogP contribution is 2.20. The Morgan fingerprint density at radius 3 is 2.07 bits per heavy atom. The highest BCUT2D eigenvalue weighted by atomic mass is 35.5. The van der Waals surface area contributed by atoms with Crippen LogP contribution in [0.1, 0.15) is 12.5 Å². The molecule has 0 aliphatic carbocycles. The third-order valence-electron chi connectivity index (χ3n) is 4.23. The molecule has 3 aromatic carbocycles. The first-order valence-electron chi connectivity index (χ1n) is 9.15. The Kier molecular flexibility index (Phi) is 6.64. The average molecular weight is 445 g/mol. The first-order chi connectivity index (χ1) is 14.2. The fourth-order valence-corrected chi connectivity index (χ4v) is 3.75. The van der Waals surface area contributed by atoms with Gasteiger partial charge in [0.15, 0.2) is 6.10 Å². The SMILES string of the molecule is Cc1ccc(NS(=O)(=O)c2ccc(NC(=O)C(C)Oc3ccc(Cl)cc3)cc2)cc1. The number of anilines is 2. The summed E-state index contributed by atoms with van der Waals surface area (Å²) in [5, 5.41) is 3.28. The van der Waals surface area contributed by atoms with Crippen molar-refractivity contribution in [1.82, 2.24) is 0 Å². The minimum atomic E-state index is -3.73. The van der Waals surface area contributed by atoms with E-state index in [1.165, 1.54) is 24.3 Å². The molecule has 0 spiro atoms. The van der Waals surface area contributed by atoms with Crippen LogP contribution in [0.5, 0.6) is 5.75 Å². The zero-order valence-electron chi connectivity index (χ0n) is 16.4. The number of carbonyl (C=O) groups is 1. The summed E-state index contributed by atoms with van der Waals surface area (Å²) in [5.41, 5.74) is 1.97. The molecule has 0 aliphatic rings. The molecule has 8 heteroatoms. The molecule has 3 rings (SSSR count). The number of aryl methyl sites for hydroxylation is 1. The molecule has 0 heterocycles. The lowest BCUT2D eigenvalue weighted by Crippen LogP contribution is -2.30. The second-order valence-corrected chi connectivity index (χ2v) is 8.82. The van der Waals surface area contributed by atoms with Crippen LogP contribution in [0, 0.1) is 6.92 Å². The van der Waals surface area contributed by atoms with Gasteiger partial charge in [0.05, 0.1) is 4.90 Å². The Labute approximate surface area is 180 Å². The van der Waals surface area contributed by atoms with E-state index in [1.54, 1.807) is 43.3 Å². The molecule has 156 valence electrons. The van der Waals surface area contributed by atoms with Gasteiger partial charge in [0, 0.05) is 16.4 Å². The van der Waals surface area contributed by atoms with Crippen molar-refractivity contribution in [2.45, 2.75) is 24.8 Å². The topological polar surface area (TPSA) is 84.5 Å². The number of sulfonamides is 1. The third-order valence-corrected chi connectivity index (χ3v) is 5.88. The Bertz CT molecular complexity index is 1110. The second kappa shape index (κ2) is 9.19. The summed E-state index contributed by atoms with van der Waals surface area (Å²) in [6.45, 7) is 3.54. The molecule has 0 bridgehead atoms. The van der Waals surface area contributed by atoms with Crippen molar-refractivity contribution in [3.05, 3.63) is 83.4 Å². The third kappa shape index (κ3) is 5.75. The summed E-state index contributed by atoms with van der Waals surface area (Å²) in [6.07, 6.45) is -0.752. The molecule has 0 saturated carbocycles. The molecule has 0 fully saturated rings. The van der Waals surface area contributed by atoms with Gasteiger partial charge in [-0.1, -0.05) is 29.3 Å². The van der Waals surface area contributed by atoms with Gasteiger partial charge >= 0.3 is 0 Å². The summed E-state index contributed by atoms with van der Waals surface area (Å²) in [7, 11) is -3.73. The van der Waals surface area contributed by atoms with Crippen molar-refractivity contribution in [1.29, 1.82) is 0 Å². The van der Waals surface area contributed by atoms with E-state index in [4.69, 9.17) is 16.3 Å². The van der Waals surface area contributed by atoms with Crippen molar-refractivity contribution < 1.29 is 17.9 Å². The largest absolute Gasteiger partial charge is 0.481 e. The van der Waals surface area contributed by atoms with Gasteiger partial charge in [0.1, 0.15) is 5.75 Å². The smallest absolute Gasteiger partial charge is 0.265 e. The Morgan fingerprint density at radius 1 is 0.900 bits per heavy atom. The number of hydrogen-bond acceptors (Lipinski definition) is 4. The van der Waals surface area contributed by atoms with Crippen LogP contribution in [0.15, 0.2) is 77.7 Å². The number of hydrogen-bond donors (Lipinski definition) is 2. The first kappa shape index (κ1) is 21.7. The van der Waals surface area contributed by atoms with E-state index in [0.29, 0.717) is 22.1 Å². The van der Waals surface area contributed by atoms with E-state index >= 15 is 0 Å². The standard InChI is InChI=1S/C22H21ClN2O4S/c1-15-3-7-19(8-4-15)25-30(27,28)21-13-9-18(10-14-21)24-22(26)16(2)29-20-11-5-17(23)6-12-20/h3-14,16,25H,1-2H3,(H,24,26). The number of ether oxygens (including phenoxy) is 1. The molecule has 6 nitrogen and oxygen atoms in total. The Balaban J connectivity index is 1.62. The zero-order chi connectivity index (χ0) is 21.7. The number of rotatable bonds is 7. The molecule has 0 saturated heterocycles. The van der Waals surface area contributed by atoms with E-state index in [9.17, 15) is 13.2 Å². The number of benzene rings is 3. The monoisotopic (exact) mass is 444 g/mol. The minimum absolute atomic E-state index is 0.0894. The number of carbonyl (C=O) groups excluding carboxylic acids is 1. The second-order valence-electron chi connectivity index (χ2n) is 6.70. The van der Waals surface area contributed by atoms with Crippen molar-refractivity contribution in [3.63, 3.8) is 0 Å². The maximum Gasteiger partial charge on any atom is 0.265 e. The Morgan fingerprint density at radius 2 is 1.47 bits per heavy atom. The molecular formula is C22H21ClN2O4S. The van der Waals surface area contributed by atoms with Crippen LogP contribution in [0.3, 0.4) is 0 Å². The van der Waals surface area contributed by atoms with Gasteiger partial charge in [0.25, 0.3) is 15.9 Å². The average Bonchev–Trinajstić information content (AvgIpc) is 2.71.